The van der Waals surface area contributed by atoms with Gasteiger partial charge in [0.25, 0.3) is 0 Å². The van der Waals surface area contributed by atoms with Gasteiger partial charge in [0.2, 0.25) is 11.7 Å². The van der Waals surface area contributed by atoms with Crippen molar-refractivity contribution in [2.75, 3.05) is 13.1 Å². The molecule has 0 aliphatic carbocycles. The maximum Gasteiger partial charge on any atom is 0.374 e. The predicted octanol–water partition coefficient (Wildman–Crippen LogP) is 1.85. The number of amides is 1. The Morgan fingerprint density at radius 2 is 2.08 bits per heavy atom. The van der Waals surface area contributed by atoms with Gasteiger partial charge in [-0.2, -0.15) is 0 Å². The van der Waals surface area contributed by atoms with Gasteiger partial charge in [-0.25, -0.2) is 4.79 Å². The molecule has 0 radical (unpaired) electrons. The molecule has 2 heterocycles. The average Bonchev–Trinajstić information content (AvgIpc) is 3.11. The number of carboxylic acid groups (broad SMARTS) is 1. The monoisotopic (exact) mass is 357 g/mol. The number of carboxylic acids is 1. The molecule has 26 heavy (non-hydrogen) atoms. The van der Waals surface area contributed by atoms with Crippen molar-refractivity contribution in [3.8, 4) is 0 Å². The zero-order valence-corrected chi connectivity index (χ0v) is 14.5. The number of hydrogen-bond donors (Lipinski definition) is 3. The summed E-state index contributed by atoms with van der Waals surface area (Å²) in [4.78, 5) is 23.2. The molecule has 3 rings (SSSR count). The molecule has 7 nitrogen and oxygen atoms in total. The highest BCUT2D eigenvalue weighted by Crippen LogP contribution is 2.26. The second-order valence-corrected chi connectivity index (χ2v) is 6.67. The summed E-state index contributed by atoms with van der Waals surface area (Å²) in [6, 6.07) is 11.3. The van der Waals surface area contributed by atoms with Crippen molar-refractivity contribution in [1.82, 2.24) is 15.8 Å². The highest BCUT2D eigenvalue weighted by atomic mass is 16.5. The van der Waals surface area contributed by atoms with Crippen LogP contribution < -0.4 is 10.6 Å². The Kier molecular flexibility index (Phi) is 6.01. The van der Waals surface area contributed by atoms with E-state index in [4.69, 9.17) is 9.63 Å². The summed E-state index contributed by atoms with van der Waals surface area (Å²) < 4.78 is 4.82. The standard InChI is InChI=1S/C19H23N3O4/c23-18(21-11-13-4-2-1-3-5-13)9-14-6-7-20-12-15(14)8-16-10-17(19(24)25)26-22-16/h1-5,10,14-15,20H,6-9,11-12H2,(H,21,23)(H,24,25)/t14-,15+/m1/s1. The second kappa shape index (κ2) is 8.62. The average molecular weight is 357 g/mol. The number of hydrogen-bond acceptors (Lipinski definition) is 5. The molecule has 1 aromatic heterocycles. The Morgan fingerprint density at radius 3 is 2.81 bits per heavy atom. The molecule has 0 bridgehead atoms. The SMILES string of the molecule is O=C(C[C@H]1CCNC[C@@H]1Cc1cc(C(=O)O)on1)NCc1ccccc1. The van der Waals surface area contributed by atoms with Gasteiger partial charge in [-0.15, -0.1) is 0 Å². The summed E-state index contributed by atoms with van der Waals surface area (Å²) in [6.07, 6.45) is 1.97. The van der Waals surface area contributed by atoms with Gasteiger partial charge >= 0.3 is 5.97 Å². The number of rotatable bonds is 7. The van der Waals surface area contributed by atoms with Crippen molar-refractivity contribution in [2.45, 2.75) is 25.8 Å². The molecule has 3 N–H and O–H groups in total. The predicted molar refractivity (Wildman–Crippen MR) is 94.5 cm³/mol. The highest BCUT2D eigenvalue weighted by molar-refractivity contribution is 5.84. The van der Waals surface area contributed by atoms with Crippen molar-refractivity contribution in [1.29, 1.82) is 0 Å². The first-order chi connectivity index (χ1) is 12.6. The largest absolute Gasteiger partial charge is 0.475 e. The minimum atomic E-state index is -1.12. The molecule has 0 spiro atoms. The minimum absolute atomic E-state index is 0.0390. The van der Waals surface area contributed by atoms with Crippen LogP contribution in [0.15, 0.2) is 40.9 Å². The summed E-state index contributed by atoms with van der Waals surface area (Å²) in [6.45, 7) is 2.19. The molecule has 1 aliphatic rings. The van der Waals surface area contributed by atoms with Crippen molar-refractivity contribution in [2.24, 2.45) is 11.8 Å². The van der Waals surface area contributed by atoms with Gasteiger partial charge in [-0.05, 0) is 43.3 Å². The second-order valence-electron chi connectivity index (χ2n) is 6.67. The topological polar surface area (TPSA) is 104 Å². The van der Waals surface area contributed by atoms with Crippen molar-refractivity contribution < 1.29 is 19.2 Å². The molecule has 7 heteroatoms. The summed E-state index contributed by atoms with van der Waals surface area (Å²) >= 11 is 0. The fourth-order valence-corrected chi connectivity index (χ4v) is 3.37. The first-order valence-electron chi connectivity index (χ1n) is 8.82. The molecule has 2 atom stereocenters. The number of carbonyl (C=O) groups excluding carboxylic acids is 1. The Labute approximate surface area is 151 Å². The van der Waals surface area contributed by atoms with Crippen LogP contribution in [0.4, 0.5) is 0 Å². The quantitative estimate of drug-likeness (QED) is 0.698. The maximum absolute atomic E-state index is 12.3. The van der Waals surface area contributed by atoms with Crippen LogP contribution in [0.2, 0.25) is 0 Å². The van der Waals surface area contributed by atoms with E-state index in [0.29, 0.717) is 25.1 Å². The van der Waals surface area contributed by atoms with E-state index in [0.717, 1.165) is 25.1 Å². The smallest absolute Gasteiger partial charge is 0.374 e. The molecular weight excluding hydrogens is 334 g/mol. The van der Waals surface area contributed by atoms with Crippen molar-refractivity contribution >= 4 is 11.9 Å². The van der Waals surface area contributed by atoms with E-state index >= 15 is 0 Å². The van der Waals surface area contributed by atoms with E-state index < -0.39 is 5.97 Å². The third-order valence-corrected chi connectivity index (χ3v) is 4.79. The van der Waals surface area contributed by atoms with E-state index in [1.54, 1.807) is 0 Å². The van der Waals surface area contributed by atoms with Crippen LogP contribution in [0.1, 0.15) is 34.7 Å². The number of nitrogens with one attached hydrogen (secondary N) is 2. The van der Waals surface area contributed by atoms with E-state index in [2.05, 4.69) is 15.8 Å². The Hall–Kier alpha value is -2.67. The van der Waals surface area contributed by atoms with Crippen LogP contribution >= 0.6 is 0 Å². The van der Waals surface area contributed by atoms with Gasteiger partial charge in [0.1, 0.15) is 0 Å². The summed E-state index contributed by atoms with van der Waals surface area (Å²) in [5, 5.41) is 19.1. The van der Waals surface area contributed by atoms with Gasteiger partial charge < -0.3 is 20.3 Å². The number of nitrogens with zero attached hydrogens (tertiary/aromatic N) is 1. The van der Waals surface area contributed by atoms with Crippen LogP contribution in [-0.2, 0) is 17.8 Å². The lowest BCUT2D eigenvalue weighted by Crippen LogP contribution is -2.40. The molecule has 138 valence electrons. The summed E-state index contributed by atoms with van der Waals surface area (Å²) in [5.74, 6) is -0.782. The number of benzene rings is 1. The minimum Gasteiger partial charge on any atom is -0.475 e. The molecule has 1 saturated heterocycles. The van der Waals surface area contributed by atoms with Crippen LogP contribution in [0.5, 0.6) is 0 Å². The van der Waals surface area contributed by atoms with Gasteiger partial charge in [0.05, 0.1) is 5.69 Å². The number of piperidine rings is 1. The first-order valence-corrected chi connectivity index (χ1v) is 8.82. The lowest BCUT2D eigenvalue weighted by atomic mass is 9.81. The normalized spacial score (nSPS) is 19.8. The van der Waals surface area contributed by atoms with Crippen LogP contribution in [0.25, 0.3) is 0 Å². The third-order valence-electron chi connectivity index (χ3n) is 4.79. The lowest BCUT2D eigenvalue weighted by Gasteiger charge is -2.31. The van der Waals surface area contributed by atoms with Crippen LogP contribution in [0.3, 0.4) is 0 Å². The number of aromatic nitrogens is 1. The first kappa shape index (κ1) is 18.1. The molecule has 0 saturated carbocycles. The van der Waals surface area contributed by atoms with Gasteiger partial charge in [-0.1, -0.05) is 35.5 Å². The third kappa shape index (κ3) is 4.92. The van der Waals surface area contributed by atoms with E-state index in [-0.39, 0.29) is 23.5 Å². The van der Waals surface area contributed by atoms with E-state index in [9.17, 15) is 9.59 Å². The summed E-state index contributed by atoms with van der Waals surface area (Å²) in [7, 11) is 0. The lowest BCUT2D eigenvalue weighted by molar-refractivity contribution is -0.122. The van der Waals surface area contributed by atoms with Gasteiger partial charge in [-0.3, -0.25) is 4.79 Å². The van der Waals surface area contributed by atoms with E-state index in [1.165, 1.54) is 6.07 Å². The Morgan fingerprint density at radius 1 is 1.27 bits per heavy atom. The van der Waals surface area contributed by atoms with Gasteiger partial charge in [0, 0.05) is 19.0 Å². The summed E-state index contributed by atoms with van der Waals surface area (Å²) in [5.41, 5.74) is 1.69. The fourth-order valence-electron chi connectivity index (χ4n) is 3.37. The molecular formula is C19H23N3O4. The van der Waals surface area contributed by atoms with Crippen LogP contribution in [0, 0.1) is 11.8 Å². The Bertz CT molecular complexity index is 744. The van der Waals surface area contributed by atoms with Crippen molar-refractivity contribution in [3.05, 3.63) is 53.4 Å². The fraction of sp³-hybridized carbons (Fsp3) is 0.421. The van der Waals surface area contributed by atoms with Crippen LogP contribution in [-0.4, -0.2) is 35.2 Å². The molecule has 0 unspecified atom stereocenters. The Balaban J connectivity index is 1.54. The maximum atomic E-state index is 12.3. The molecule has 1 fully saturated rings. The zero-order chi connectivity index (χ0) is 18.4. The molecule has 2 aromatic rings. The van der Waals surface area contributed by atoms with Crippen molar-refractivity contribution in [3.63, 3.8) is 0 Å². The molecule has 1 aliphatic heterocycles. The highest BCUT2D eigenvalue weighted by Gasteiger charge is 2.28. The van der Waals surface area contributed by atoms with E-state index in [1.807, 2.05) is 30.3 Å². The molecule has 1 aromatic carbocycles. The number of carbonyl (C=O) groups is 2. The number of aromatic carboxylic acids is 1. The van der Waals surface area contributed by atoms with Gasteiger partial charge in [0.15, 0.2) is 0 Å². The zero-order valence-electron chi connectivity index (χ0n) is 14.5. The molecule has 1 amide bonds.